The Morgan fingerprint density at radius 3 is 2.88 bits per heavy atom. The number of fused-ring (bicyclic) bond motifs is 1. The molecule has 1 aliphatic heterocycles. The second-order valence-corrected chi connectivity index (χ2v) is 4.60. The Labute approximate surface area is 94.6 Å². The first-order valence-electron chi connectivity index (χ1n) is 5.61. The summed E-state index contributed by atoms with van der Waals surface area (Å²) >= 11 is 0. The molecule has 0 amide bonds. The van der Waals surface area contributed by atoms with Crippen LogP contribution in [0.2, 0.25) is 0 Å². The van der Waals surface area contributed by atoms with Crippen LogP contribution in [0.25, 0.3) is 0 Å². The van der Waals surface area contributed by atoms with Crippen molar-refractivity contribution in [1.29, 1.82) is 0 Å². The third-order valence-corrected chi connectivity index (χ3v) is 3.31. The van der Waals surface area contributed by atoms with Crippen LogP contribution in [-0.4, -0.2) is 24.6 Å². The van der Waals surface area contributed by atoms with Crippen molar-refractivity contribution in [2.75, 3.05) is 6.61 Å². The minimum atomic E-state index is -0.364. The number of esters is 2. The molecule has 1 heterocycles. The third kappa shape index (κ3) is 2.10. The molecule has 3 atom stereocenters. The average molecular weight is 224 g/mol. The Kier molecular flexibility index (Phi) is 2.99. The fourth-order valence-corrected chi connectivity index (χ4v) is 2.45. The second kappa shape index (κ2) is 4.28. The Bertz CT molecular complexity index is 334. The molecule has 0 N–H and O–H groups in total. The van der Waals surface area contributed by atoms with E-state index in [-0.39, 0.29) is 24.0 Å². The number of carbonyl (C=O) groups excluding carboxylic acids is 2. The van der Waals surface area contributed by atoms with Crippen molar-refractivity contribution in [1.82, 2.24) is 0 Å². The number of hydrogen-bond acceptors (Lipinski definition) is 4. The highest BCUT2D eigenvalue weighted by Gasteiger charge is 2.43. The van der Waals surface area contributed by atoms with Crippen molar-refractivity contribution in [3.05, 3.63) is 12.2 Å². The van der Waals surface area contributed by atoms with E-state index in [0.29, 0.717) is 24.5 Å². The molecule has 1 aliphatic carbocycles. The van der Waals surface area contributed by atoms with E-state index in [2.05, 4.69) is 6.58 Å². The predicted molar refractivity (Wildman–Crippen MR) is 56.5 cm³/mol. The van der Waals surface area contributed by atoms with Gasteiger partial charge in [0, 0.05) is 5.57 Å². The van der Waals surface area contributed by atoms with Crippen LogP contribution < -0.4 is 0 Å². The molecule has 0 radical (unpaired) electrons. The van der Waals surface area contributed by atoms with Crippen molar-refractivity contribution >= 4 is 11.9 Å². The molecular formula is C12H16O4. The molecule has 0 aromatic heterocycles. The summed E-state index contributed by atoms with van der Waals surface area (Å²) in [6.07, 6.45) is 2.11. The molecule has 16 heavy (non-hydrogen) atoms. The van der Waals surface area contributed by atoms with Crippen LogP contribution in [-0.2, 0) is 19.1 Å². The van der Waals surface area contributed by atoms with Crippen molar-refractivity contribution in [3.8, 4) is 0 Å². The van der Waals surface area contributed by atoms with E-state index in [1.165, 1.54) is 0 Å². The van der Waals surface area contributed by atoms with Gasteiger partial charge in [0.15, 0.2) is 0 Å². The van der Waals surface area contributed by atoms with Gasteiger partial charge in [-0.1, -0.05) is 6.58 Å². The van der Waals surface area contributed by atoms with Crippen molar-refractivity contribution in [2.45, 2.75) is 32.3 Å². The van der Waals surface area contributed by atoms with Gasteiger partial charge in [0.2, 0.25) is 0 Å². The van der Waals surface area contributed by atoms with Crippen LogP contribution in [0, 0.1) is 11.8 Å². The molecule has 0 aromatic rings. The first kappa shape index (κ1) is 11.2. The van der Waals surface area contributed by atoms with Gasteiger partial charge in [0.05, 0.1) is 12.5 Å². The highest BCUT2D eigenvalue weighted by molar-refractivity contribution is 5.87. The van der Waals surface area contributed by atoms with E-state index in [1.54, 1.807) is 6.92 Å². The minimum absolute atomic E-state index is 0.0725. The standard InChI is InChI=1S/C12H16O4/c1-7(2)11(13)16-9-5-8-3-4-15-12(14)10(8)6-9/h8-10H,1,3-6H2,2H3. The van der Waals surface area contributed by atoms with Gasteiger partial charge < -0.3 is 9.47 Å². The van der Waals surface area contributed by atoms with Gasteiger partial charge in [-0.15, -0.1) is 0 Å². The molecule has 4 heteroatoms. The zero-order chi connectivity index (χ0) is 11.7. The van der Waals surface area contributed by atoms with Crippen molar-refractivity contribution in [3.63, 3.8) is 0 Å². The van der Waals surface area contributed by atoms with Crippen molar-refractivity contribution < 1.29 is 19.1 Å². The number of carbonyl (C=O) groups is 2. The summed E-state index contributed by atoms with van der Waals surface area (Å²) in [7, 11) is 0. The van der Waals surface area contributed by atoms with Gasteiger partial charge >= 0.3 is 11.9 Å². The molecule has 1 saturated heterocycles. The zero-order valence-electron chi connectivity index (χ0n) is 9.40. The summed E-state index contributed by atoms with van der Waals surface area (Å²) in [5, 5.41) is 0. The minimum Gasteiger partial charge on any atom is -0.465 e. The zero-order valence-corrected chi connectivity index (χ0v) is 9.40. The molecule has 1 saturated carbocycles. The van der Waals surface area contributed by atoms with E-state index < -0.39 is 0 Å². The number of rotatable bonds is 2. The van der Waals surface area contributed by atoms with E-state index in [1.807, 2.05) is 0 Å². The Hall–Kier alpha value is -1.32. The van der Waals surface area contributed by atoms with Crippen LogP contribution in [0.5, 0.6) is 0 Å². The van der Waals surface area contributed by atoms with E-state index in [4.69, 9.17) is 9.47 Å². The Morgan fingerprint density at radius 2 is 2.25 bits per heavy atom. The molecule has 0 aromatic carbocycles. The first-order valence-corrected chi connectivity index (χ1v) is 5.61. The maximum absolute atomic E-state index is 11.5. The normalized spacial score (nSPS) is 32.8. The first-order chi connectivity index (χ1) is 7.58. The van der Waals surface area contributed by atoms with Crippen LogP contribution in [0.4, 0.5) is 0 Å². The maximum atomic E-state index is 11.5. The topological polar surface area (TPSA) is 52.6 Å². The summed E-state index contributed by atoms with van der Waals surface area (Å²) in [6, 6.07) is 0. The molecule has 0 spiro atoms. The van der Waals surface area contributed by atoms with Gasteiger partial charge in [0.25, 0.3) is 0 Å². The Balaban J connectivity index is 1.94. The van der Waals surface area contributed by atoms with Gasteiger partial charge in [-0.05, 0) is 32.1 Å². The van der Waals surface area contributed by atoms with Crippen LogP contribution in [0.1, 0.15) is 26.2 Å². The largest absolute Gasteiger partial charge is 0.465 e. The molecule has 0 bridgehead atoms. The fraction of sp³-hybridized carbons (Fsp3) is 0.667. The van der Waals surface area contributed by atoms with E-state index >= 15 is 0 Å². The van der Waals surface area contributed by atoms with Crippen LogP contribution in [0.15, 0.2) is 12.2 Å². The highest BCUT2D eigenvalue weighted by Crippen LogP contribution is 2.39. The fourth-order valence-electron chi connectivity index (χ4n) is 2.45. The molecule has 3 unspecified atom stereocenters. The molecular weight excluding hydrogens is 208 g/mol. The van der Waals surface area contributed by atoms with Crippen LogP contribution >= 0.6 is 0 Å². The van der Waals surface area contributed by atoms with Crippen LogP contribution in [0.3, 0.4) is 0 Å². The lowest BCUT2D eigenvalue weighted by Crippen LogP contribution is -2.28. The summed E-state index contributed by atoms with van der Waals surface area (Å²) in [4.78, 5) is 22.8. The van der Waals surface area contributed by atoms with Gasteiger partial charge in [-0.2, -0.15) is 0 Å². The molecule has 2 fully saturated rings. The smallest absolute Gasteiger partial charge is 0.333 e. The summed E-state index contributed by atoms with van der Waals surface area (Å²) in [5.74, 6) is -0.247. The highest BCUT2D eigenvalue weighted by atomic mass is 16.5. The van der Waals surface area contributed by atoms with Gasteiger partial charge in [-0.3, -0.25) is 4.79 Å². The lowest BCUT2D eigenvalue weighted by atomic mass is 9.91. The number of hydrogen-bond donors (Lipinski definition) is 0. The Morgan fingerprint density at radius 1 is 1.50 bits per heavy atom. The lowest BCUT2D eigenvalue weighted by Gasteiger charge is -2.22. The summed E-state index contributed by atoms with van der Waals surface area (Å²) in [6.45, 7) is 5.66. The monoisotopic (exact) mass is 224 g/mol. The second-order valence-electron chi connectivity index (χ2n) is 4.60. The predicted octanol–water partition coefficient (Wildman–Crippen LogP) is 1.45. The van der Waals surface area contributed by atoms with Gasteiger partial charge in [-0.25, -0.2) is 4.79 Å². The summed E-state index contributed by atoms with van der Waals surface area (Å²) in [5.41, 5.74) is 0.400. The molecule has 88 valence electrons. The maximum Gasteiger partial charge on any atom is 0.333 e. The molecule has 2 rings (SSSR count). The number of ether oxygens (including phenoxy) is 2. The quantitative estimate of drug-likeness (QED) is 0.526. The van der Waals surface area contributed by atoms with E-state index in [0.717, 1.165) is 12.8 Å². The molecule has 2 aliphatic rings. The van der Waals surface area contributed by atoms with Gasteiger partial charge in [0.1, 0.15) is 6.10 Å². The van der Waals surface area contributed by atoms with E-state index in [9.17, 15) is 9.59 Å². The summed E-state index contributed by atoms with van der Waals surface area (Å²) < 4.78 is 10.3. The molecule has 4 nitrogen and oxygen atoms in total. The lowest BCUT2D eigenvalue weighted by molar-refractivity contribution is -0.155. The third-order valence-electron chi connectivity index (χ3n) is 3.31. The average Bonchev–Trinajstić information content (AvgIpc) is 2.61. The van der Waals surface area contributed by atoms with Crippen molar-refractivity contribution in [2.24, 2.45) is 11.8 Å². The number of cyclic esters (lactones) is 1. The SMILES string of the molecule is C=C(C)C(=O)OC1CC2CCOC(=O)C2C1.